The molecule has 0 aromatic rings. The molecule has 0 bridgehead atoms. The summed E-state index contributed by atoms with van der Waals surface area (Å²) < 4.78 is 22.5. The summed E-state index contributed by atoms with van der Waals surface area (Å²) >= 11 is 0. The maximum absolute atomic E-state index is 11.8. The van der Waals surface area contributed by atoms with E-state index in [0.717, 1.165) is 0 Å². The van der Waals surface area contributed by atoms with Crippen molar-refractivity contribution < 1.29 is 18.3 Å². The van der Waals surface area contributed by atoms with E-state index in [2.05, 4.69) is 5.32 Å². The van der Waals surface area contributed by atoms with E-state index in [1.807, 2.05) is 18.7 Å². The van der Waals surface area contributed by atoms with Crippen LogP contribution in [0.2, 0.25) is 0 Å². The zero-order valence-corrected chi connectivity index (χ0v) is 11.7. The van der Waals surface area contributed by atoms with Gasteiger partial charge < -0.3 is 10.4 Å². The summed E-state index contributed by atoms with van der Waals surface area (Å²) in [5, 5.41) is 11.6. The third-order valence-corrected chi connectivity index (χ3v) is 4.83. The van der Waals surface area contributed by atoms with Crippen molar-refractivity contribution in [2.24, 2.45) is 0 Å². The fraction of sp³-hybridized carbons (Fsp3) is 0.909. The quantitative estimate of drug-likeness (QED) is 0.650. The SMILES string of the molecule is CC(C)N(CCO)CC(=O)NC1CCS(=O)(=O)C1. The highest BCUT2D eigenvalue weighted by atomic mass is 32.2. The van der Waals surface area contributed by atoms with Gasteiger partial charge >= 0.3 is 0 Å². The first-order valence-corrected chi connectivity index (χ1v) is 8.01. The predicted octanol–water partition coefficient (Wildman–Crippen LogP) is -1.01. The Labute approximate surface area is 108 Å². The summed E-state index contributed by atoms with van der Waals surface area (Å²) in [6.07, 6.45) is 0.496. The van der Waals surface area contributed by atoms with Crippen molar-refractivity contribution in [1.29, 1.82) is 0 Å². The predicted molar refractivity (Wildman–Crippen MR) is 69.0 cm³/mol. The molecule has 0 saturated carbocycles. The molecule has 0 radical (unpaired) electrons. The van der Waals surface area contributed by atoms with Gasteiger partial charge in [-0.05, 0) is 20.3 Å². The Balaban J connectivity index is 2.41. The smallest absolute Gasteiger partial charge is 0.234 e. The van der Waals surface area contributed by atoms with E-state index in [9.17, 15) is 13.2 Å². The molecule has 0 spiro atoms. The maximum atomic E-state index is 11.8. The van der Waals surface area contributed by atoms with Gasteiger partial charge in [0.2, 0.25) is 5.91 Å². The molecule has 0 aromatic heterocycles. The molecular weight excluding hydrogens is 256 g/mol. The van der Waals surface area contributed by atoms with Crippen LogP contribution in [0.4, 0.5) is 0 Å². The van der Waals surface area contributed by atoms with Gasteiger partial charge in [-0.15, -0.1) is 0 Å². The Kier molecular flexibility index (Phi) is 5.55. The van der Waals surface area contributed by atoms with Crippen LogP contribution in [0, 0.1) is 0 Å². The number of amides is 1. The molecule has 6 nitrogen and oxygen atoms in total. The van der Waals surface area contributed by atoms with Crippen molar-refractivity contribution in [1.82, 2.24) is 10.2 Å². The van der Waals surface area contributed by atoms with E-state index in [4.69, 9.17) is 5.11 Å². The molecule has 1 aliphatic heterocycles. The average Bonchev–Trinajstić information content (AvgIpc) is 2.57. The van der Waals surface area contributed by atoms with Gasteiger partial charge in [-0.3, -0.25) is 9.69 Å². The summed E-state index contributed by atoms with van der Waals surface area (Å²) in [6.45, 7) is 4.53. The van der Waals surface area contributed by atoms with Crippen LogP contribution in [0.5, 0.6) is 0 Å². The molecule has 7 heteroatoms. The molecule has 1 atom stereocenters. The second-order valence-electron chi connectivity index (χ2n) is 4.96. The first-order chi connectivity index (χ1) is 8.34. The first kappa shape index (κ1) is 15.4. The molecule has 1 aliphatic rings. The highest BCUT2D eigenvalue weighted by Gasteiger charge is 2.29. The third kappa shape index (κ3) is 4.91. The van der Waals surface area contributed by atoms with Gasteiger partial charge in [-0.25, -0.2) is 8.42 Å². The molecule has 1 saturated heterocycles. The maximum Gasteiger partial charge on any atom is 0.234 e. The number of aliphatic hydroxyl groups is 1. The molecule has 1 rings (SSSR count). The van der Waals surface area contributed by atoms with E-state index in [1.54, 1.807) is 0 Å². The zero-order chi connectivity index (χ0) is 13.8. The van der Waals surface area contributed by atoms with Crippen molar-refractivity contribution >= 4 is 15.7 Å². The molecule has 0 aromatic carbocycles. The van der Waals surface area contributed by atoms with Crippen LogP contribution in [-0.2, 0) is 14.6 Å². The summed E-state index contributed by atoms with van der Waals surface area (Å²) in [5.74, 6) is 0.0161. The number of hydrogen-bond donors (Lipinski definition) is 2. The van der Waals surface area contributed by atoms with Crippen molar-refractivity contribution in [2.45, 2.75) is 32.4 Å². The first-order valence-electron chi connectivity index (χ1n) is 6.19. The van der Waals surface area contributed by atoms with Gasteiger partial charge in [0, 0.05) is 18.6 Å². The molecule has 2 N–H and O–H groups in total. The minimum Gasteiger partial charge on any atom is -0.395 e. The fourth-order valence-corrected chi connectivity index (χ4v) is 3.69. The lowest BCUT2D eigenvalue weighted by Crippen LogP contribution is -2.45. The summed E-state index contributed by atoms with van der Waals surface area (Å²) in [6, 6.07) is -0.0964. The minimum absolute atomic E-state index is 0.00324. The Hall–Kier alpha value is -0.660. The molecule has 18 heavy (non-hydrogen) atoms. The number of carbonyl (C=O) groups excluding carboxylic acids is 1. The standard InChI is InChI=1S/C11H22N2O4S/c1-9(2)13(4-5-14)7-11(15)12-10-3-6-18(16,17)8-10/h9-10,14H,3-8H2,1-2H3,(H,12,15). The van der Waals surface area contributed by atoms with Crippen LogP contribution >= 0.6 is 0 Å². The largest absolute Gasteiger partial charge is 0.395 e. The van der Waals surface area contributed by atoms with E-state index in [0.29, 0.717) is 13.0 Å². The van der Waals surface area contributed by atoms with Crippen LogP contribution in [0.1, 0.15) is 20.3 Å². The number of rotatable bonds is 6. The summed E-state index contributed by atoms with van der Waals surface area (Å²) in [7, 11) is -2.96. The Morgan fingerprint density at radius 1 is 1.50 bits per heavy atom. The fourth-order valence-electron chi connectivity index (χ4n) is 2.01. The number of aliphatic hydroxyl groups excluding tert-OH is 1. The second kappa shape index (κ2) is 6.49. The normalized spacial score (nSPS) is 22.6. The second-order valence-corrected chi connectivity index (χ2v) is 7.18. The lowest BCUT2D eigenvalue weighted by atomic mass is 10.2. The third-order valence-electron chi connectivity index (χ3n) is 3.06. The molecule has 1 fully saturated rings. The number of sulfone groups is 1. The number of hydrogen-bond acceptors (Lipinski definition) is 5. The summed E-state index contributed by atoms with van der Waals surface area (Å²) in [5.41, 5.74) is 0. The van der Waals surface area contributed by atoms with Crippen LogP contribution in [-0.4, -0.2) is 67.6 Å². The highest BCUT2D eigenvalue weighted by Crippen LogP contribution is 2.11. The van der Waals surface area contributed by atoms with Gasteiger partial charge in [0.15, 0.2) is 9.84 Å². The number of nitrogens with zero attached hydrogens (tertiary/aromatic N) is 1. The topological polar surface area (TPSA) is 86.7 Å². The molecular formula is C11H22N2O4S. The Morgan fingerprint density at radius 2 is 2.17 bits per heavy atom. The van der Waals surface area contributed by atoms with Gasteiger partial charge in [0.25, 0.3) is 0 Å². The molecule has 0 aliphatic carbocycles. The van der Waals surface area contributed by atoms with Crippen molar-refractivity contribution in [3.05, 3.63) is 0 Å². The van der Waals surface area contributed by atoms with E-state index in [-0.39, 0.29) is 42.6 Å². The number of carbonyl (C=O) groups is 1. The lowest BCUT2D eigenvalue weighted by molar-refractivity contribution is -0.123. The molecule has 1 unspecified atom stereocenters. The van der Waals surface area contributed by atoms with Crippen LogP contribution < -0.4 is 5.32 Å². The lowest BCUT2D eigenvalue weighted by Gasteiger charge is -2.25. The highest BCUT2D eigenvalue weighted by molar-refractivity contribution is 7.91. The molecule has 1 amide bonds. The Bertz CT molecular complexity index is 381. The van der Waals surface area contributed by atoms with E-state index in [1.165, 1.54) is 0 Å². The van der Waals surface area contributed by atoms with Crippen LogP contribution in [0.25, 0.3) is 0 Å². The number of nitrogens with one attached hydrogen (secondary N) is 1. The molecule has 106 valence electrons. The minimum atomic E-state index is -2.96. The van der Waals surface area contributed by atoms with Crippen molar-refractivity contribution in [3.8, 4) is 0 Å². The summed E-state index contributed by atoms with van der Waals surface area (Å²) in [4.78, 5) is 13.6. The monoisotopic (exact) mass is 278 g/mol. The van der Waals surface area contributed by atoms with Crippen molar-refractivity contribution in [2.75, 3.05) is 31.2 Å². The van der Waals surface area contributed by atoms with Crippen molar-refractivity contribution in [3.63, 3.8) is 0 Å². The van der Waals surface area contributed by atoms with Gasteiger partial charge in [-0.1, -0.05) is 0 Å². The van der Waals surface area contributed by atoms with Crippen LogP contribution in [0.15, 0.2) is 0 Å². The van der Waals surface area contributed by atoms with E-state index >= 15 is 0 Å². The average molecular weight is 278 g/mol. The van der Waals surface area contributed by atoms with Gasteiger partial charge in [-0.2, -0.15) is 0 Å². The Morgan fingerprint density at radius 3 is 2.61 bits per heavy atom. The van der Waals surface area contributed by atoms with Gasteiger partial charge in [0.05, 0.1) is 24.7 Å². The zero-order valence-electron chi connectivity index (χ0n) is 10.9. The molecule has 1 heterocycles. The van der Waals surface area contributed by atoms with Crippen LogP contribution in [0.3, 0.4) is 0 Å². The van der Waals surface area contributed by atoms with Gasteiger partial charge in [0.1, 0.15) is 0 Å². The van der Waals surface area contributed by atoms with E-state index < -0.39 is 9.84 Å².